The number of carbonyl (C=O) groups excluding carboxylic acids is 1. The van der Waals surface area contributed by atoms with E-state index in [0.29, 0.717) is 25.4 Å². The molecule has 1 saturated heterocycles. The number of nitrogens with zero attached hydrogens (tertiary/aromatic N) is 4. The molecule has 164 valence electrons. The van der Waals surface area contributed by atoms with Crippen LogP contribution in [0, 0.1) is 0 Å². The lowest BCUT2D eigenvalue weighted by Crippen LogP contribution is -2.51. The number of hydrogen-bond acceptors (Lipinski definition) is 8. The highest BCUT2D eigenvalue weighted by Gasteiger charge is 2.44. The minimum absolute atomic E-state index is 0.0407. The third kappa shape index (κ3) is 5.10. The van der Waals surface area contributed by atoms with Gasteiger partial charge in [-0.1, -0.05) is 12.1 Å². The van der Waals surface area contributed by atoms with E-state index in [4.69, 9.17) is 4.74 Å². The smallest absolute Gasteiger partial charge is 0.270 e. The summed E-state index contributed by atoms with van der Waals surface area (Å²) in [4.78, 5) is 22.2. The van der Waals surface area contributed by atoms with Crippen molar-refractivity contribution in [2.45, 2.75) is 24.9 Å². The number of rotatable bonds is 8. The van der Waals surface area contributed by atoms with Gasteiger partial charge in [-0.05, 0) is 17.7 Å². The summed E-state index contributed by atoms with van der Waals surface area (Å²) < 4.78 is 7.68. The minimum Gasteiger partial charge on any atom is -0.486 e. The second-order valence-electron chi connectivity index (χ2n) is 7.73. The number of aliphatic hydroxyl groups excluding tert-OH is 1. The van der Waals surface area contributed by atoms with Gasteiger partial charge in [0, 0.05) is 44.5 Å². The van der Waals surface area contributed by atoms with Gasteiger partial charge in [0.2, 0.25) is 0 Å². The average Bonchev–Trinajstić information content (AvgIpc) is 3.48. The lowest BCUT2D eigenvalue weighted by molar-refractivity contribution is -0.0377. The number of hydrogen-bond donors (Lipinski definition) is 3. The van der Waals surface area contributed by atoms with Crippen LogP contribution < -0.4 is 10.1 Å². The number of aromatic nitrogens is 3. The summed E-state index contributed by atoms with van der Waals surface area (Å²) in [7, 11) is 1.92. The molecule has 3 N–H and O–H groups in total. The van der Waals surface area contributed by atoms with Crippen LogP contribution in [0.3, 0.4) is 0 Å². The number of aliphatic hydroxyl groups is 2. The predicted octanol–water partition coefficient (Wildman–Crippen LogP) is 0.793. The lowest BCUT2D eigenvalue weighted by atomic mass is 10.0. The maximum atomic E-state index is 12.1. The van der Waals surface area contributed by atoms with Gasteiger partial charge >= 0.3 is 0 Å². The van der Waals surface area contributed by atoms with Gasteiger partial charge < -0.3 is 24.8 Å². The van der Waals surface area contributed by atoms with E-state index in [-0.39, 0.29) is 19.0 Å². The molecule has 9 nitrogen and oxygen atoms in total. The quantitative estimate of drug-likeness (QED) is 0.472. The minimum atomic E-state index is -1.41. The zero-order valence-corrected chi connectivity index (χ0v) is 18.0. The highest BCUT2D eigenvalue weighted by atomic mass is 32.1. The molecule has 2 aromatic heterocycles. The fraction of sp³-hybridized carbons (Fsp3) is 0.381. The summed E-state index contributed by atoms with van der Waals surface area (Å²) in [5.41, 5.74) is 1.51. The van der Waals surface area contributed by atoms with Crippen molar-refractivity contribution in [3.05, 3.63) is 64.6 Å². The molecule has 0 unspecified atom stereocenters. The maximum Gasteiger partial charge on any atom is 0.270 e. The number of aryl methyl sites for hydroxylation is 1. The van der Waals surface area contributed by atoms with E-state index >= 15 is 0 Å². The monoisotopic (exact) mass is 443 g/mol. The van der Waals surface area contributed by atoms with Crippen LogP contribution in [-0.4, -0.2) is 66.9 Å². The normalized spacial score (nSPS) is 21.3. The molecule has 0 aliphatic carbocycles. The maximum absolute atomic E-state index is 12.1. The third-order valence-corrected chi connectivity index (χ3v) is 5.97. The summed E-state index contributed by atoms with van der Waals surface area (Å²) in [6.07, 6.45) is 2.65. The second-order valence-corrected chi connectivity index (χ2v) is 8.45. The number of carbonyl (C=O) groups is 1. The molecule has 2 atom stereocenters. The molecule has 1 aromatic carbocycles. The molecule has 0 saturated carbocycles. The van der Waals surface area contributed by atoms with Gasteiger partial charge in [0.25, 0.3) is 5.91 Å². The molecule has 4 rings (SSSR count). The summed E-state index contributed by atoms with van der Waals surface area (Å²) >= 11 is 1.33. The van der Waals surface area contributed by atoms with Gasteiger partial charge in [-0.15, -0.1) is 11.3 Å². The van der Waals surface area contributed by atoms with Crippen molar-refractivity contribution in [1.29, 1.82) is 0 Å². The van der Waals surface area contributed by atoms with Crippen LogP contribution in [-0.2, 0) is 20.2 Å². The van der Waals surface area contributed by atoms with E-state index in [1.807, 2.05) is 47.0 Å². The summed E-state index contributed by atoms with van der Waals surface area (Å²) in [6.45, 7) is 1.49. The average molecular weight is 444 g/mol. The topological polar surface area (TPSA) is 113 Å². The van der Waals surface area contributed by atoms with Crippen LogP contribution in [0.2, 0.25) is 0 Å². The number of thiazole rings is 1. The third-order valence-electron chi connectivity index (χ3n) is 5.39. The van der Waals surface area contributed by atoms with Crippen molar-refractivity contribution < 1.29 is 19.7 Å². The molecule has 0 radical (unpaired) electrons. The number of benzene rings is 1. The zero-order chi connectivity index (χ0) is 21.8. The first-order valence-electron chi connectivity index (χ1n) is 9.90. The van der Waals surface area contributed by atoms with Gasteiger partial charge in [-0.3, -0.25) is 9.69 Å². The molecular weight excluding hydrogens is 418 g/mol. The molecule has 0 bridgehead atoms. The first-order chi connectivity index (χ1) is 14.9. The van der Waals surface area contributed by atoms with E-state index in [9.17, 15) is 15.0 Å². The van der Waals surface area contributed by atoms with Crippen molar-refractivity contribution in [2.24, 2.45) is 7.05 Å². The zero-order valence-electron chi connectivity index (χ0n) is 17.1. The molecule has 31 heavy (non-hydrogen) atoms. The Morgan fingerprint density at radius 3 is 2.84 bits per heavy atom. The highest BCUT2D eigenvalue weighted by Crippen LogP contribution is 2.24. The van der Waals surface area contributed by atoms with E-state index in [0.717, 1.165) is 17.1 Å². The molecule has 1 aliphatic rings. The number of imidazole rings is 1. The van der Waals surface area contributed by atoms with Crippen molar-refractivity contribution in [3.8, 4) is 5.75 Å². The molecule has 3 heterocycles. The summed E-state index contributed by atoms with van der Waals surface area (Å²) in [6, 6.07) is 7.71. The largest absolute Gasteiger partial charge is 0.486 e. The molecule has 1 aliphatic heterocycles. The molecular formula is C21H25N5O4S. The van der Waals surface area contributed by atoms with E-state index in [2.05, 4.69) is 15.3 Å². The van der Waals surface area contributed by atoms with Crippen LogP contribution in [0.15, 0.2) is 47.5 Å². The van der Waals surface area contributed by atoms with E-state index in [1.54, 1.807) is 17.1 Å². The Kier molecular flexibility index (Phi) is 6.33. The van der Waals surface area contributed by atoms with Crippen molar-refractivity contribution in [1.82, 2.24) is 24.8 Å². The molecule has 1 amide bonds. The van der Waals surface area contributed by atoms with Crippen LogP contribution in [0.25, 0.3) is 0 Å². The Balaban J connectivity index is 1.28. The Morgan fingerprint density at radius 2 is 2.16 bits per heavy atom. The Bertz CT molecular complexity index is 1010. The van der Waals surface area contributed by atoms with Crippen molar-refractivity contribution in [3.63, 3.8) is 0 Å². The van der Waals surface area contributed by atoms with Crippen molar-refractivity contribution >= 4 is 17.2 Å². The van der Waals surface area contributed by atoms with E-state index < -0.39 is 11.7 Å². The van der Waals surface area contributed by atoms with Gasteiger partial charge in [-0.2, -0.15) is 0 Å². The Labute approximate surface area is 183 Å². The highest BCUT2D eigenvalue weighted by molar-refractivity contribution is 7.07. The number of nitrogens with one attached hydrogen (secondary N) is 1. The molecule has 1 fully saturated rings. The van der Waals surface area contributed by atoms with Crippen molar-refractivity contribution in [2.75, 3.05) is 19.6 Å². The van der Waals surface area contributed by atoms with Gasteiger partial charge in [0.1, 0.15) is 29.5 Å². The first kappa shape index (κ1) is 21.4. The standard InChI is InChI=1S/C21H25N5O4S/c1-25-7-6-22-19(25)10-30-16-4-2-15(3-5-16)8-26-9-18(27)21(29,13-26)12-23-20(28)17-11-31-14-24-17/h2-7,11,14,18,27,29H,8-10,12-13H2,1H3,(H,23,28)/t18-,21+/m1/s1. The number of amides is 1. The van der Waals surface area contributed by atoms with E-state index in [1.165, 1.54) is 11.3 Å². The fourth-order valence-electron chi connectivity index (χ4n) is 3.55. The summed E-state index contributed by atoms with van der Waals surface area (Å²) in [5.74, 6) is 1.23. The van der Waals surface area contributed by atoms with Crippen LogP contribution in [0.1, 0.15) is 21.9 Å². The van der Waals surface area contributed by atoms with Gasteiger partial charge in [0.05, 0.1) is 18.2 Å². The Hall–Kier alpha value is -2.79. The van der Waals surface area contributed by atoms with Crippen LogP contribution in [0.4, 0.5) is 0 Å². The van der Waals surface area contributed by atoms with Gasteiger partial charge in [0.15, 0.2) is 0 Å². The Morgan fingerprint density at radius 1 is 1.35 bits per heavy atom. The number of β-amino-alcohol motifs (C(OH)–C–C–N with tert-alkyl or cyclic N) is 2. The number of ether oxygens (including phenoxy) is 1. The second kappa shape index (κ2) is 9.15. The summed E-state index contributed by atoms with van der Waals surface area (Å²) in [5, 5.41) is 25.5. The SMILES string of the molecule is Cn1ccnc1COc1ccc(CN2C[C@@H](O)[C@](O)(CNC(=O)c3cscn3)C2)cc1. The predicted molar refractivity (Wildman–Crippen MR) is 115 cm³/mol. The van der Waals surface area contributed by atoms with Crippen LogP contribution >= 0.6 is 11.3 Å². The number of likely N-dealkylation sites (tertiary alicyclic amines) is 1. The fourth-order valence-corrected chi connectivity index (χ4v) is 4.08. The molecule has 0 spiro atoms. The lowest BCUT2D eigenvalue weighted by Gasteiger charge is -2.26. The molecule has 3 aromatic rings. The van der Waals surface area contributed by atoms with Crippen LogP contribution in [0.5, 0.6) is 5.75 Å². The first-order valence-corrected chi connectivity index (χ1v) is 10.8. The molecule has 10 heteroatoms. The van der Waals surface area contributed by atoms with Gasteiger partial charge in [-0.25, -0.2) is 9.97 Å².